The Morgan fingerprint density at radius 3 is 2.41 bits per heavy atom. The molecule has 0 bridgehead atoms. The number of para-hydroxylation sites is 1. The minimum Gasteiger partial charge on any atom is -0.319 e. The monoisotopic (exact) mass is 424 g/mol. The molecule has 1 N–H and O–H groups in total. The second-order valence-electron chi connectivity index (χ2n) is 6.79. The Labute approximate surface area is 178 Å². The van der Waals surface area contributed by atoms with Gasteiger partial charge in [-0.25, -0.2) is 9.67 Å². The summed E-state index contributed by atoms with van der Waals surface area (Å²) >= 11 is 12.4. The van der Waals surface area contributed by atoms with Gasteiger partial charge in [-0.3, -0.25) is 4.79 Å². The molecule has 0 aliphatic carbocycles. The van der Waals surface area contributed by atoms with E-state index in [-0.39, 0.29) is 5.91 Å². The van der Waals surface area contributed by atoms with Crippen LogP contribution in [0.4, 0.5) is 5.69 Å². The summed E-state index contributed by atoms with van der Waals surface area (Å²) in [5.41, 5.74) is 4.11. The first-order valence-corrected chi connectivity index (χ1v) is 9.83. The van der Waals surface area contributed by atoms with Crippen LogP contribution in [0.25, 0.3) is 11.0 Å². The zero-order valence-electron chi connectivity index (χ0n) is 15.9. The maximum Gasteiger partial charge on any atom is 0.256 e. The lowest BCUT2D eigenvalue weighted by Crippen LogP contribution is -2.14. The number of pyridine rings is 1. The van der Waals surface area contributed by atoms with Gasteiger partial charge in [0, 0.05) is 5.69 Å². The molecule has 0 spiro atoms. The van der Waals surface area contributed by atoms with Crippen LogP contribution >= 0.6 is 23.2 Å². The molecule has 0 atom stereocenters. The zero-order valence-corrected chi connectivity index (χ0v) is 17.4. The van der Waals surface area contributed by atoms with Crippen molar-refractivity contribution in [2.75, 3.05) is 5.32 Å². The number of hydrogen-bond donors (Lipinski definition) is 1. The van der Waals surface area contributed by atoms with E-state index in [1.165, 1.54) is 0 Å². The van der Waals surface area contributed by atoms with Gasteiger partial charge in [0.05, 0.1) is 38.9 Å². The molecule has 1 amide bonds. The van der Waals surface area contributed by atoms with Crippen molar-refractivity contribution in [1.82, 2.24) is 14.8 Å². The third kappa shape index (κ3) is 3.84. The average Bonchev–Trinajstić information content (AvgIpc) is 3.00. The number of aryl methyl sites for hydroxylation is 2. The topological polar surface area (TPSA) is 59.8 Å². The van der Waals surface area contributed by atoms with E-state index in [0.29, 0.717) is 38.9 Å². The van der Waals surface area contributed by atoms with E-state index in [2.05, 4.69) is 15.4 Å². The summed E-state index contributed by atoms with van der Waals surface area (Å²) in [5, 5.41) is 8.94. The van der Waals surface area contributed by atoms with Gasteiger partial charge in [-0.2, -0.15) is 5.10 Å². The van der Waals surface area contributed by atoms with E-state index < -0.39 is 0 Å². The van der Waals surface area contributed by atoms with Gasteiger partial charge >= 0.3 is 0 Å². The van der Waals surface area contributed by atoms with Crippen LogP contribution in [-0.2, 0) is 6.54 Å². The number of carbonyl (C=O) groups is 1. The highest BCUT2D eigenvalue weighted by Crippen LogP contribution is 2.31. The van der Waals surface area contributed by atoms with Crippen molar-refractivity contribution >= 4 is 45.8 Å². The molecule has 2 heterocycles. The number of carbonyl (C=O) groups excluding carboxylic acids is 1. The molecule has 29 heavy (non-hydrogen) atoms. The third-order valence-corrected chi connectivity index (χ3v) is 5.26. The lowest BCUT2D eigenvalue weighted by Gasteiger charge is -2.11. The molecule has 4 aromatic rings. The van der Waals surface area contributed by atoms with E-state index in [9.17, 15) is 4.79 Å². The van der Waals surface area contributed by atoms with Gasteiger partial charge < -0.3 is 5.32 Å². The van der Waals surface area contributed by atoms with Crippen LogP contribution in [0.3, 0.4) is 0 Å². The Kier molecular flexibility index (Phi) is 5.26. The Balaban J connectivity index is 1.78. The molecule has 0 unspecified atom stereocenters. The van der Waals surface area contributed by atoms with Crippen LogP contribution in [0, 0.1) is 13.8 Å². The van der Waals surface area contributed by atoms with Crippen molar-refractivity contribution in [3.8, 4) is 0 Å². The lowest BCUT2D eigenvalue weighted by atomic mass is 10.1. The molecule has 0 saturated heterocycles. The highest BCUT2D eigenvalue weighted by atomic mass is 35.5. The van der Waals surface area contributed by atoms with Gasteiger partial charge in [-0.05, 0) is 37.6 Å². The average molecular weight is 425 g/mol. The van der Waals surface area contributed by atoms with Crippen LogP contribution in [0.2, 0.25) is 10.0 Å². The number of fused-ring (bicyclic) bond motifs is 1. The smallest absolute Gasteiger partial charge is 0.256 e. The maximum atomic E-state index is 13.1. The van der Waals surface area contributed by atoms with E-state index in [1.807, 2.05) is 48.9 Å². The van der Waals surface area contributed by atoms with Crippen LogP contribution in [0.5, 0.6) is 0 Å². The van der Waals surface area contributed by atoms with Crippen molar-refractivity contribution in [3.63, 3.8) is 0 Å². The highest BCUT2D eigenvalue weighted by molar-refractivity contribution is 6.40. The largest absolute Gasteiger partial charge is 0.319 e. The SMILES string of the molecule is Cc1cc(C(=O)Nc2c(Cl)cccc2Cl)c2c(C)nn(Cc3ccccc3)c2n1. The number of nitrogens with zero attached hydrogens (tertiary/aromatic N) is 3. The standard InChI is InChI=1S/C22H18Cl2N4O/c1-13-11-16(22(29)26-20-17(23)9-6-10-18(20)24)19-14(2)27-28(21(19)25-13)12-15-7-4-3-5-8-15/h3-11H,12H2,1-2H3,(H,26,29). The van der Waals surface area contributed by atoms with Crippen molar-refractivity contribution in [3.05, 3.63) is 87.2 Å². The summed E-state index contributed by atoms with van der Waals surface area (Å²) in [7, 11) is 0. The number of hydrogen-bond acceptors (Lipinski definition) is 3. The fraction of sp³-hybridized carbons (Fsp3) is 0.136. The van der Waals surface area contributed by atoms with E-state index in [0.717, 1.165) is 17.0 Å². The van der Waals surface area contributed by atoms with Crippen molar-refractivity contribution < 1.29 is 4.79 Å². The minimum absolute atomic E-state index is 0.308. The molecule has 0 saturated carbocycles. The minimum atomic E-state index is -0.308. The van der Waals surface area contributed by atoms with Crippen LogP contribution < -0.4 is 5.32 Å². The van der Waals surface area contributed by atoms with Crippen molar-refractivity contribution in [2.45, 2.75) is 20.4 Å². The van der Waals surface area contributed by atoms with E-state index in [4.69, 9.17) is 23.2 Å². The van der Waals surface area contributed by atoms with Crippen molar-refractivity contribution in [2.24, 2.45) is 0 Å². The Morgan fingerprint density at radius 1 is 1.03 bits per heavy atom. The summed E-state index contributed by atoms with van der Waals surface area (Å²) in [5.74, 6) is -0.308. The maximum absolute atomic E-state index is 13.1. The normalized spacial score (nSPS) is 11.0. The third-order valence-electron chi connectivity index (χ3n) is 4.63. The van der Waals surface area contributed by atoms with Gasteiger partial charge in [0.1, 0.15) is 0 Å². The molecule has 4 rings (SSSR count). The van der Waals surface area contributed by atoms with Crippen LogP contribution in [0.15, 0.2) is 54.6 Å². The first-order chi connectivity index (χ1) is 13.9. The summed E-state index contributed by atoms with van der Waals surface area (Å²) in [6.45, 7) is 4.30. The molecule has 2 aromatic carbocycles. The molecule has 146 valence electrons. The van der Waals surface area contributed by atoms with Gasteiger partial charge in [0.2, 0.25) is 0 Å². The molecule has 0 radical (unpaired) electrons. The Hall–Kier alpha value is -2.89. The number of nitrogens with one attached hydrogen (secondary N) is 1. The molecule has 0 fully saturated rings. The predicted molar refractivity (Wildman–Crippen MR) is 117 cm³/mol. The second-order valence-corrected chi connectivity index (χ2v) is 7.60. The summed E-state index contributed by atoms with van der Waals surface area (Å²) in [6, 6.07) is 16.9. The Bertz CT molecular complexity index is 1200. The van der Waals surface area contributed by atoms with Gasteiger partial charge in [0.25, 0.3) is 5.91 Å². The summed E-state index contributed by atoms with van der Waals surface area (Å²) in [4.78, 5) is 17.8. The number of anilines is 1. The molecule has 5 nitrogen and oxygen atoms in total. The Morgan fingerprint density at radius 2 is 1.72 bits per heavy atom. The fourth-order valence-electron chi connectivity index (χ4n) is 3.32. The van der Waals surface area contributed by atoms with Gasteiger partial charge in [0.15, 0.2) is 5.65 Å². The lowest BCUT2D eigenvalue weighted by molar-refractivity contribution is 0.102. The van der Waals surface area contributed by atoms with Gasteiger partial charge in [-0.15, -0.1) is 0 Å². The molecule has 0 aliphatic rings. The number of benzene rings is 2. The quantitative estimate of drug-likeness (QED) is 0.459. The first-order valence-electron chi connectivity index (χ1n) is 9.08. The molecule has 2 aromatic heterocycles. The number of aromatic nitrogens is 3. The summed E-state index contributed by atoms with van der Waals surface area (Å²) in [6.07, 6.45) is 0. The second kappa shape index (κ2) is 7.85. The number of rotatable bonds is 4. The van der Waals surface area contributed by atoms with E-state index in [1.54, 1.807) is 24.3 Å². The summed E-state index contributed by atoms with van der Waals surface area (Å²) < 4.78 is 1.83. The van der Waals surface area contributed by atoms with Crippen LogP contribution in [0.1, 0.15) is 27.3 Å². The molecule has 7 heteroatoms. The van der Waals surface area contributed by atoms with Gasteiger partial charge in [-0.1, -0.05) is 59.6 Å². The predicted octanol–water partition coefficient (Wildman–Crippen LogP) is 5.66. The first kappa shape index (κ1) is 19.4. The van der Waals surface area contributed by atoms with E-state index >= 15 is 0 Å². The molecule has 0 aliphatic heterocycles. The highest BCUT2D eigenvalue weighted by Gasteiger charge is 2.20. The molecular weight excluding hydrogens is 407 g/mol. The molecular formula is C22H18Cl2N4O. The number of amides is 1. The number of halogens is 2. The zero-order chi connectivity index (χ0) is 20.5. The van der Waals surface area contributed by atoms with Crippen molar-refractivity contribution in [1.29, 1.82) is 0 Å². The van der Waals surface area contributed by atoms with Crippen LogP contribution in [-0.4, -0.2) is 20.7 Å². The fourth-order valence-corrected chi connectivity index (χ4v) is 3.81.